The van der Waals surface area contributed by atoms with Gasteiger partial charge in [-0.25, -0.2) is 0 Å². The maximum atomic E-state index is 9.77. The van der Waals surface area contributed by atoms with E-state index in [0.717, 1.165) is 0 Å². The van der Waals surface area contributed by atoms with Crippen LogP contribution in [0.3, 0.4) is 0 Å². The van der Waals surface area contributed by atoms with E-state index in [4.69, 9.17) is 19.3 Å². The molecule has 0 aromatic rings. The summed E-state index contributed by atoms with van der Waals surface area (Å²) >= 11 is 0. The molecule has 0 aromatic heterocycles. The number of aliphatic hydroxyl groups excluding tert-OH is 7. The average Bonchev–Trinajstić information content (AvgIpc) is 2.48. The smallest absolute Gasteiger partial charge is 0.189 e. The van der Waals surface area contributed by atoms with Crippen molar-refractivity contribution < 1.29 is 50.0 Å². The monoisotopic (exact) mass is 312 g/mol. The summed E-state index contributed by atoms with van der Waals surface area (Å²) in [6, 6.07) is 0. The first-order valence-electron chi connectivity index (χ1n) is 6.48. The van der Waals surface area contributed by atoms with Gasteiger partial charge in [0, 0.05) is 0 Å². The first-order chi connectivity index (χ1) is 9.86. The van der Waals surface area contributed by atoms with E-state index >= 15 is 0 Å². The van der Waals surface area contributed by atoms with E-state index in [9.17, 15) is 30.6 Å². The van der Waals surface area contributed by atoms with Crippen LogP contribution in [0.2, 0.25) is 0 Å². The standard InChI is InChI=1S/C11H20O10/c12-1-4-6(15)7(16)9(18)11(20-4)21-10-8(17)5(14)3(13)2-19-10/h3-18H,1-2H2/t3-,4-,5+,6-,7+,8-,9-,10+,11-/m1/s1. The van der Waals surface area contributed by atoms with Gasteiger partial charge in [-0.1, -0.05) is 0 Å². The van der Waals surface area contributed by atoms with Crippen LogP contribution in [0.1, 0.15) is 0 Å². The molecule has 10 nitrogen and oxygen atoms in total. The van der Waals surface area contributed by atoms with Crippen molar-refractivity contribution >= 4 is 0 Å². The van der Waals surface area contributed by atoms with Crippen molar-refractivity contribution in [3.63, 3.8) is 0 Å². The maximum Gasteiger partial charge on any atom is 0.189 e. The molecule has 2 aliphatic heterocycles. The van der Waals surface area contributed by atoms with E-state index in [0.29, 0.717) is 0 Å². The summed E-state index contributed by atoms with van der Waals surface area (Å²) in [4.78, 5) is 0. The fourth-order valence-electron chi connectivity index (χ4n) is 2.21. The zero-order valence-corrected chi connectivity index (χ0v) is 11.0. The molecule has 0 unspecified atom stereocenters. The van der Waals surface area contributed by atoms with E-state index < -0.39 is 61.9 Å². The second-order valence-corrected chi connectivity index (χ2v) is 5.08. The molecule has 0 spiro atoms. The van der Waals surface area contributed by atoms with Crippen LogP contribution in [0.4, 0.5) is 0 Å². The van der Waals surface area contributed by atoms with Gasteiger partial charge in [0.1, 0.15) is 42.7 Å². The lowest BCUT2D eigenvalue weighted by Gasteiger charge is -2.42. The first kappa shape index (κ1) is 17.0. The Kier molecular flexibility index (Phi) is 5.48. The lowest BCUT2D eigenvalue weighted by Crippen LogP contribution is -2.62. The SMILES string of the molecule is OC[C@H]1O[C@H](O[C@@H]2OC[C@@H](O)[C@H](O)[C@H]2O)[C@H](O)[C@@H](O)[C@@H]1O. The Hall–Kier alpha value is -0.400. The summed E-state index contributed by atoms with van der Waals surface area (Å²) in [7, 11) is 0. The van der Waals surface area contributed by atoms with Gasteiger partial charge in [0.15, 0.2) is 12.6 Å². The summed E-state index contributed by atoms with van der Waals surface area (Å²) < 4.78 is 15.2. The van der Waals surface area contributed by atoms with Gasteiger partial charge in [-0.15, -0.1) is 0 Å². The van der Waals surface area contributed by atoms with Crippen LogP contribution in [-0.4, -0.2) is 104 Å². The minimum Gasteiger partial charge on any atom is -0.394 e. The Morgan fingerprint density at radius 3 is 2.05 bits per heavy atom. The number of hydrogen-bond donors (Lipinski definition) is 7. The highest BCUT2D eigenvalue weighted by Gasteiger charge is 2.47. The van der Waals surface area contributed by atoms with Gasteiger partial charge in [-0.2, -0.15) is 0 Å². The normalized spacial score (nSPS) is 51.9. The Morgan fingerprint density at radius 2 is 1.43 bits per heavy atom. The maximum absolute atomic E-state index is 9.77. The highest BCUT2D eigenvalue weighted by molar-refractivity contribution is 4.90. The summed E-state index contributed by atoms with van der Waals surface area (Å²) in [6.07, 6.45) is -13.3. The zero-order chi connectivity index (χ0) is 15.7. The van der Waals surface area contributed by atoms with Gasteiger partial charge in [-0.05, 0) is 0 Å². The van der Waals surface area contributed by atoms with Gasteiger partial charge in [0.25, 0.3) is 0 Å². The Labute approximate surface area is 119 Å². The minimum absolute atomic E-state index is 0.305. The van der Waals surface area contributed by atoms with E-state index in [1.54, 1.807) is 0 Å². The molecule has 9 atom stereocenters. The minimum atomic E-state index is -1.65. The van der Waals surface area contributed by atoms with Gasteiger partial charge >= 0.3 is 0 Å². The summed E-state index contributed by atoms with van der Waals surface area (Å²) in [5.41, 5.74) is 0. The number of hydrogen-bond acceptors (Lipinski definition) is 10. The predicted molar refractivity (Wildman–Crippen MR) is 62.6 cm³/mol. The Balaban J connectivity index is 2.01. The summed E-state index contributed by atoms with van der Waals surface area (Å²) in [6.45, 7) is -0.930. The molecule has 0 aliphatic carbocycles. The van der Waals surface area contributed by atoms with Gasteiger partial charge in [-0.3, -0.25) is 0 Å². The van der Waals surface area contributed by atoms with Crippen molar-refractivity contribution in [2.24, 2.45) is 0 Å². The Morgan fingerprint density at radius 1 is 0.810 bits per heavy atom. The zero-order valence-electron chi connectivity index (χ0n) is 11.0. The molecule has 21 heavy (non-hydrogen) atoms. The molecule has 2 saturated heterocycles. The third kappa shape index (κ3) is 3.35. The van der Waals surface area contributed by atoms with Crippen LogP contribution in [-0.2, 0) is 14.2 Å². The van der Waals surface area contributed by atoms with Gasteiger partial charge in [0.05, 0.1) is 13.2 Å². The molecule has 2 heterocycles. The molecule has 2 fully saturated rings. The number of ether oxygens (including phenoxy) is 3. The second kappa shape index (κ2) is 6.79. The molecule has 0 bridgehead atoms. The van der Waals surface area contributed by atoms with Crippen LogP contribution < -0.4 is 0 Å². The fraction of sp³-hybridized carbons (Fsp3) is 1.00. The van der Waals surface area contributed by atoms with Crippen LogP contribution in [0.5, 0.6) is 0 Å². The highest BCUT2D eigenvalue weighted by atomic mass is 16.8. The lowest BCUT2D eigenvalue weighted by molar-refractivity contribution is -0.365. The average molecular weight is 312 g/mol. The molecule has 124 valence electrons. The molecule has 0 radical (unpaired) electrons. The first-order valence-corrected chi connectivity index (χ1v) is 6.48. The molecule has 2 rings (SSSR count). The second-order valence-electron chi connectivity index (χ2n) is 5.08. The van der Waals surface area contributed by atoms with Crippen molar-refractivity contribution in [1.29, 1.82) is 0 Å². The largest absolute Gasteiger partial charge is 0.394 e. The number of aliphatic hydroxyl groups is 7. The molecule has 0 saturated carbocycles. The molecule has 2 aliphatic rings. The third-order valence-electron chi connectivity index (χ3n) is 3.57. The topological polar surface area (TPSA) is 169 Å². The van der Waals surface area contributed by atoms with Crippen molar-refractivity contribution in [3.8, 4) is 0 Å². The van der Waals surface area contributed by atoms with Crippen LogP contribution in [0.15, 0.2) is 0 Å². The van der Waals surface area contributed by atoms with Crippen molar-refractivity contribution in [3.05, 3.63) is 0 Å². The third-order valence-corrected chi connectivity index (χ3v) is 3.57. The highest BCUT2D eigenvalue weighted by Crippen LogP contribution is 2.25. The van der Waals surface area contributed by atoms with Crippen LogP contribution in [0, 0.1) is 0 Å². The van der Waals surface area contributed by atoms with Crippen molar-refractivity contribution in [1.82, 2.24) is 0 Å². The predicted octanol–water partition coefficient (Wildman–Crippen LogP) is -4.76. The van der Waals surface area contributed by atoms with Gasteiger partial charge in [0.2, 0.25) is 0 Å². The molecule has 7 N–H and O–H groups in total. The van der Waals surface area contributed by atoms with E-state index in [1.165, 1.54) is 0 Å². The molecule has 10 heteroatoms. The molecule has 0 aromatic carbocycles. The lowest BCUT2D eigenvalue weighted by atomic mass is 9.99. The van der Waals surface area contributed by atoms with Crippen molar-refractivity contribution in [2.75, 3.05) is 13.2 Å². The molecular formula is C11H20O10. The fourth-order valence-corrected chi connectivity index (χ4v) is 2.21. The van der Waals surface area contributed by atoms with Crippen LogP contribution in [0.25, 0.3) is 0 Å². The summed E-state index contributed by atoms with van der Waals surface area (Å²) in [5, 5.41) is 66.5. The van der Waals surface area contributed by atoms with Crippen LogP contribution >= 0.6 is 0 Å². The van der Waals surface area contributed by atoms with Crippen molar-refractivity contribution in [2.45, 2.75) is 55.3 Å². The summed E-state index contributed by atoms with van der Waals surface area (Å²) in [5.74, 6) is 0. The molecular weight excluding hydrogens is 292 g/mol. The quantitative estimate of drug-likeness (QED) is 0.268. The van der Waals surface area contributed by atoms with E-state index in [-0.39, 0.29) is 6.61 Å². The van der Waals surface area contributed by atoms with Gasteiger partial charge < -0.3 is 50.0 Å². The number of rotatable bonds is 3. The Bertz CT molecular complexity index is 339. The molecule has 0 amide bonds. The van der Waals surface area contributed by atoms with E-state index in [1.807, 2.05) is 0 Å². The van der Waals surface area contributed by atoms with E-state index in [2.05, 4.69) is 0 Å².